The van der Waals surface area contributed by atoms with E-state index in [4.69, 9.17) is 34.8 Å². The Balaban J connectivity index is 2.18. The predicted molar refractivity (Wildman–Crippen MR) is 116 cm³/mol. The lowest BCUT2D eigenvalue weighted by atomic mass is 10.1. The van der Waals surface area contributed by atoms with E-state index in [2.05, 4.69) is 9.39 Å². The van der Waals surface area contributed by atoms with Crippen LogP contribution in [-0.2, 0) is 14.8 Å². The number of amidine groups is 1. The fraction of sp³-hybridized carbons (Fsp3) is 0.0500. The van der Waals surface area contributed by atoms with Gasteiger partial charge in [0.05, 0.1) is 20.7 Å². The number of ketones is 1. The van der Waals surface area contributed by atoms with Gasteiger partial charge in [-0.15, -0.1) is 4.40 Å². The molecule has 1 aliphatic rings. The first kappa shape index (κ1) is 21.5. The van der Waals surface area contributed by atoms with Gasteiger partial charge in [-0.05, 0) is 25.1 Å². The highest BCUT2D eigenvalue weighted by Crippen LogP contribution is 2.28. The minimum Gasteiger partial charge on any atom is -0.287 e. The molecule has 0 radical (unpaired) electrons. The Morgan fingerprint density at radius 1 is 0.897 bits per heavy atom. The van der Waals surface area contributed by atoms with Crippen LogP contribution >= 0.6 is 34.8 Å². The molecule has 0 aromatic heterocycles. The van der Waals surface area contributed by atoms with Crippen LogP contribution in [0.25, 0.3) is 0 Å². The normalized spacial score (nSPS) is 17.0. The van der Waals surface area contributed by atoms with Gasteiger partial charge in [-0.25, -0.2) is 4.99 Å². The van der Waals surface area contributed by atoms with E-state index in [0.717, 1.165) is 5.56 Å². The van der Waals surface area contributed by atoms with Crippen LogP contribution in [0, 0.1) is 6.92 Å². The maximum Gasteiger partial charge on any atom is 0.284 e. The number of sulfonamides is 1. The van der Waals surface area contributed by atoms with Crippen LogP contribution in [-0.4, -0.2) is 25.7 Å². The minimum atomic E-state index is -4.06. The molecule has 0 aliphatic heterocycles. The lowest BCUT2D eigenvalue weighted by molar-refractivity contribution is -0.111. The van der Waals surface area contributed by atoms with Gasteiger partial charge in [-0.1, -0.05) is 82.8 Å². The van der Waals surface area contributed by atoms with Crippen molar-refractivity contribution in [3.05, 3.63) is 86.9 Å². The molecule has 2 aromatic rings. The number of allylic oxidation sites excluding steroid dienone is 4. The molecule has 0 bridgehead atoms. The molecule has 0 N–H and O–H groups in total. The number of rotatable bonds is 3. The topological polar surface area (TPSA) is 75.9 Å². The average Bonchev–Trinajstić information content (AvgIpc) is 2.70. The van der Waals surface area contributed by atoms with Gasteiger partial charge in [-0.3, -0.25) is 4.79 Å². The molecule has 9 heteroatoms. The van der Waals surface area contributed by atoms with Crippen LogP contribution in [0.5, 0.6) is 0 Å². The zero-order valence-corrected chi connectivity index (χ0v) is 18.0. The van der Waals surface area contributed by atoms with E-state index in [1.807, 2.05) is 6.92 Å². The highest BCUT2D eigenvalue weighted by Gasteiger charge is 2.25. The van der Waals surface area contributed by atoms with Crippen LogP contribution in [0.3, 0.4) is 0 Å². The second-order valence-electron chi connectivity index (χ2n) is 6.02. The molecule has 0 fully saturated rings. The zero-order valence-electron chi connectivity index (χ0n) is 14.9. The Morgan fingerprint density at radius 3 is 2.14 bits per heavy atom. The van der Waals surface area contributed by atoms with Crippen LogP contribution in [0.15, 0.2) is 90.1 Å². The molecule has 1 aliphatic carbocycles. The largest absolute Gasteiger partial charge is 0.287 e. The van der Waals surface area contributed by atoms with E-state index in [1.54, 1.807) is 42.5 Å². The lowest BCUT2D eigenvalue weighted by Crippen LogP contribution is -2.14. The van der Waals surface area contributed by atoms with Gasteiger partial charge in [0.1, 0.15) is 5.03 Å². The van der Waals surface area contributed by atoms with E-state index in [0.29, 0.717) is 5.56 Å². The van der Waals surface area contributed by atoms with Gasteiger partial charge in [0.15, 0.2) is 5.84 Å². The van der Waals surface area contributed by atoms with Crippen molar-refractivity contribution < 1.29 is 13.2 Å². The highest BCUT2D eigenvalue weighted by atomic mass is 35.5. The summed E-state index contributed by atoms with van der Waals surface area (Å²) in [4.78, 5) is 16.1. The van der Waals surface area contributed by atoms with Crippen LogP contribution in [0.1, 0.15) is 11.1 Å². The van der Waals surface area contributed by atoms with E-state index in [-0.39, 0.29) is 31.5 Å². The standard InChI is InChI=1S/C20H13Cl3N2O3S/c1-12-7-9-14(10-8-12)29(27,28)25-20(13-5-3-2-4-6-13)24-16-11-15(21)19(26)18(23)17(16)22/h2-11H,1H3/b24-16?,25-20-. The fourth-order valence-electron chi connectivity index (χ4n) is 2.36. The van der Waals surface area contributed by atoms with Crippen molar-refractivity contribution in [2.75, 3.05) is 0 Å². The van der Waals surface area contributed by atoms with Crippen molar-refractivity contribution in [3.8, 4) is 0 Å². The summed E-state index contributed by atoms with van der Waals surface area (Å²) in [7, 11) is -4.06. The second-order valence-corrected chi connectivity index (χ2v) is 8.78. The smallest absolute Gasteiger partial charge is 0.284 e. The molecule has 2 aromatic carbocycles. The van der Waals surface area contributed by atoms with E-state index < -0.39 is 15.8 Å². The van der Waals surface area contributed by atoms with Crippen molar-refractivity contribution >= 4 is 62.2 Å². The number of nitrogens with zero attached hydrogens (tertiary/aromatic N) is 2. The molecule has 0 unspecified atom stereocenters. The number of hydrogen-bond donors (Lipinski definition) is 0. The summed E-state index contributed by atoms with van der Waals surface area (Å²) in [5, 5.41) is -0.629. The number of aliphatic imine (C=N–C) groups is 1. The van der Waals surface area contributed by atoms with Crippen molar-refractivity contribution in [2.45, 2.75) is 11.8 Å². The molecular weight excluding hydrogens is 455 g/mol. The van der Waals surface area contributed by atoms with Crippen LogP contribution < -0.4 is 0 Å². The lowest BCUT2D eigenvalue weighted by Gasteiger charge is -2.11. The van der Waals surface area contributed by atoms with Gasteiger partial charge in [0.25, 0.3) is 10.0 Å². The Morgan fingerprint density at radius 2 is 1.52 bits per heavy atom. The molecule has 29 heavy (non-hydrogen) atoms. The Kier molecular flexibility index (Phi) is 6.39. The van der Waals surface area contributed by atoms with Gasteiger partial charge in [0.2, 0.25) is 5.78 Å². The van der Waals surface area contributed by atoms with Crippen LogP contribution in [0.2, 0.25) is 0 Å². The second kappa shape index (κ2) is 8.63. The molecule has 0 amide bonds. The first-order chi connectivity index (χ1) is 13.7. The Labute approximate surface area is 183 Å². The number of Topliss-reactive ketones (excluding diaryl/α,β-unsaturated/α-hetero) is 1. The third-order valence-corrected chi connectivity index (χ3v) is 6.28. The quantitative estimate of drug-likeness (QED) is 0.363. The molecule has 3 rings (SSSR count). The number of benzene rings is 2. The fourth-order valence-corrected chi connectivity index (χ4v) is 3.95. The van der Waals surface area contributed by atoms with Crippen molar-refractivity contribution in [2.24, 2.45) is 9.39 Å². The first-order valence-corrected chi connectivity index (χ1v) is 10.8. The molecule has 0 atom stereocenters. The molecule has 148 valence electrons. The monoisotopic (exact) mass is 466 g/mol. The third kappa shape index (κ3) is 4.85. The molecule has 0 saturated carbocycles. The summed E-state index contributed by atoms with van der Waals surface area (Å²) in [6.07, 6.45) is 1.22. The van der Waals surface area contributed by atoms with Crippen molar-refractivity contribution in [1.29, 1.82) is 0 Å². The molecule has 0 heterocycles. The summed E-state index contributed by atoms with van der Waals surface area (Å²) < 4.78 is 29.5. The Bertz CT molecular complexity index is 1200. The van der Waals surface area contributed by atoms with Crippen LogP contribution in [0.4, 0.5) is 0 Å². The summed E-state index contributed by atoms with van der Waals surface area (Å²) in [6.45, 7) is 1.85. The van der Waals surface area contributed by atoms with E-state index in [9.17, 15) is 13.2 Å². The number of carbonyl (C=O) groups is 1. The first-order valence-electron chi connectivity index (χ1n) is 8.22. The average molecular weight is 468 g/mol. The Hall–Kier alpha value is -2.25. The van der Waals surface area contributed by atoms with Gasteiger partial charge in [0, 0.05) is 5.56 Å². The highest BCUT2D eigenvalue weighted by molar-refractivity contribution is 7.90. The minimum absolute atomic E-state index is 0.0174. The summed E-state index contributed by atoms with van der Waals surface area (Å²) in [5.41, 5.74) is 1.37. The van der Waals surface area contributed by atoms with Crippen molar-refractivity contribution in [1.82, 2.24) is 0 Å². The number of carbonyl (C=O) groups excluding carboxylic acids is 1. The van der Waals surface area contributed by atoms with Gasteiger partial charge >= 0.3 is 0 Å². The number of halogens is 3. The number of hydrogen-bond acceptors (Lipinski definition) is 3. The molecule has 5 nitrogen and oxygen atoms in total. The molecule has 0 saturated heterocycles. The maximum absolute atomic E-state index is 12.8. The maximum atomic E-state index is 12.8. The summed E-state index contributed by atoms with van der Waals surface area (Å²) in [5.74, 6) is -0.762. The van der Waals surface area contributed by atoms with E-state index in [1.165, 1.54) is 18.2 Å². The van der Waals surface area contributed by atoms with Crippen molar-refractivity contribution in [3.63, 3.8) is 0 Å². The molecule has 0 spiro atoms. The summed E-state index contributed by atoms with van der Waals surface area (Å²) >= 11 is 17.9. The van der Waals surface area contributed by atoms with E-state index >= 15 is 0 Å². The summed E-state index contributed by atoms with van der Waals surface area (Å²) in [6, 6.07) is 14.7. The third-order valence-electron chi connectivity index (χ3n) is 3.88. The number of aryl methyl sites for hydroxylation is 1. The SMILES string of the molecule is Cc1ccc(S(=O)(=O)/N=C(\N=C2C=C(Cl)C(=O)C(Cl)=C2Cl)c2ccccc2)cc1. The van der Waals surface area contributed by atoms with Gasteiger partial charge < -0.3 is 0 Å². The zero-order chi connectivity index (χ0) is 21.2. The predicted octanol–water partition coefficient (Wildman–Crippen LogP) is 4.97. The molecular formula is C20H13Cl3N2O3S. The van der Waals surface area contributed by atoms with Gasteiger partial charge in [-0.2, -0.15) is 8.42 Å².